The third-order valence-electron chi connectivity index (χ3n) is 5.51. The van der Waals surface area contributed by atoms with Gasteiger partial charge in [0.15, 0.2) is 0 Å². The third kappa shape index (κ3) is 7.44. The molecule has 1 N–H and O–H groups in total. The molecule has 0 radical (unpaired) electrons. The number of carbonyl (C=O) groups is 1. The van der Waals surface area contributed by atoms with Gasteiger partial charge in [0.25, 0.3) is 0 Å². The lowest BCUT2D eigenvalue weighted by Gasteiger charge is -2.25. The summed E-state index contributed by atoms with van der Waals surface area (Å²) in [4.78, 5) is 18.5. The number of amides is 1. The molecule has 28 heavy (non-hydrogen) atoms. The van der Waals surface area contributed by atoms with E-state index in [-0.39, 0.29) is 17.6 Å². The number of unbranched alkanes of at least 4 members (excludes halogenated alkanes) is 4. The molecule has 1 heterocycles. The molecular weight excluding hydrogens is 355 g/mol. The van der Waals surface area contributed by atoms with Crippen LogP contribution in [0.3, 0.4) is 0 Å². The van der Waals surface area contributed by atoms with Gasteiger partial charge in [0.1, 0.15) is 5.82 Å². The number of likely N-dealkylation sites (tertiary alicyclic amines) is 1. The molecular formula is C23H35FN2O2. The van der Waals surface area contributed by atoms with Crippen LogP contribution in [0.5, 0.6) is 0 Å². The standard InChI is InChI=1S/C23H35FN2O2/c1-3-4-5-6-7-10-22(27)25-16-20(17-26-13-8-9-14-26)23(28)19-12-11-18(2)21(24)15-19/h11-12,15-16,20,23,28H,3-10,13-14,17H2,1-2H3. The summed E-state index contributed by atoms with van der Waals surface area (Å²) in [5, 5.41) is 10.8. The topological polar surface area (TPSA) is 52.9 Å². The average Bonchev–Trinajstić information content (AvgIpc) is 3.19. The highest BCUT2D eigenvalue weighted by atomic mass is 19.1. The van der Waals surface area contributed by atoms with Crippen molar-refractivity contribution in [3.8, 4) is 0 Å². The van der Waals surface area contributed by atoms with Crippen molar-refractivity contribution >= 4 is 12.1 Å². The van der Waals surface area contributed by atoms with Gasteiger partial charge in [-0.05, 0) is 56.5 Å². The highest BCUT2D eigenvalue weighted by Gasteiger charge is 2.24. The van der Waals surface area contributed by atoms with E-state index in [0.717, 1.165) is 45.2 Å². The van der Waals surface area contributed by atoms with Crippen molar-refractivity contribution in [2.24, 2.45) is 10.9 Å². The molecule has 5 heteroatoms. The Hall–Kier alpha value is -1.59. The second kappa shape index (κ2) is 12.1. The molecule has 0 aromatic heterocycles. The van der Waals surface area contributed by atoms with E-state index >= 15 is 0 Å². The molecule has 156 valence electrons. The predicted octanol–water partition coefficient (Wildman–Crippen LogP) is 4.84. The summed E-state index contributed by atoms with van der Waals surface area (Å²) in [6.45, 7) is 6.48. The van der Waals surface area contributed by atoms with Crippen LogP contribution >= 0.6 is 0 Å². The number of aryl methyl sites for hydroxylation is 1. The van der Waals surface area contributed by atoms with Crippen LogP contribution in [0.15, 0.2) is 23.2 Å². The van der Waals surface area contributed by atoms with Crippen molar-refractivity contribution in [2.75, 3.05) is 19.6 Å². The Morgan fingerprint density at radius 1 is 1.25 bits per heavy atom. The monoisotopic (exact) mass is 390 g/mol. The molecule has 1 aromatic rings. The molecule has 1 aliphatic heterocycles. The van der Waals surface area contributed by atoms with Crippen LogP contribution in [0, 0.1) is 18.7 Å². The fraction of sp³-hybridized carbons (Fsp3) is 0.652. The minimum Gasteiger partial charge on any atom is -0.388 e. The highest BCUT2D eigenvalue weighted by molar-refractivity contribution is 5.85. The lowest BCUT2D eigenvalue weighted by atomic mass is 9.95. The van der Waals surface area contributed by atoms with Crippen molar-refractivity contribution in [1.29, 1.82) is 0 Å². The highest BCUT2D eigenvalue weighted by Crippen LogP contribution is 2.25. The summed E-state index contributed by atoms with van der Waals surface area (Å²) in [7, 11) is 0. The van der Waals surface area contributed by atoms with Gasteiger partial charge in [-0.3, -0.25) is 4.79 Å². The maximum Gasteiger partial charge on any atom is 0.245 e. The molecule has 1 saturated heterocycles. The lowest BCUT2D eigenvalue weighted by molar-refractivity contribution is -0.117. The van der Waals surface area contributed by atoms with Crippen molar-refractivity contribution in [3.05, 3.63) is 35.1 Å². The second-order valence-electron chi connectivity index (χ2n) is 7.96. The molecule has 1 fully saturated rings. The number of rotatable bonds is 11. The SMILES string of the molecule is CCCCCCCC(=O)N=CC(CN1CCCC1)C(O)c1ccc(C)c(F)c1. The first-order chi connectivity index (χ1) is 13.5. The summed E-state index contributed by atoms with van der Waals surface area (Å²) in [6, 6.07) is 4.82. The zero-order valence-corrected chi connectivity index (χ0v) is 17.4. The molecule has 1 aliphatic rings. The average molecular weight is 391 g/mol. The maximum absolute atomic E-state index is 13.9. The number of aliphatic imine (C=N–C) groups is 1. The quantitative estimate of drug-likeness (QED) is 0.435. The van der Waals surface area contributed by atoms with Crippen LogP contribution in [-0.2, 0) is 4.79 Å². The summed E-state index contributed by atoms with van der Waals surface area (Å²) in [5.74, 6) is -0.786. The lowest BCUT2D eigenvalue weighted by Crippen LogP contribution is -2.31. The van der Waals surface area contributed by atoms with Gasteiger partial charge < -0.3 is 10.0 Å². The number of hydrogen-bond donors (Lipinski definition) is 1. The van der Waals surface area contributed by atoms with Crippen molar-refractivity contribution in [3.63, 3.8) is 0 Å². The van der Waals surface area contributed by atoms with Gasteiger partial charge in [-0.25, -0.2) is 9.38 Å². The van der Waals surface area contributed by atoms with Gasteiger partial charge in [-0.15, -0.1) is 0 Å². The number of halogens is 1. The Labute approximate surface area is 168 Å². The van der Waals surface area contributed by atoms with Gasteiger partial charge >= 0.3 is 0 Å². The van der Waals surface area contributed by atoms with E-state index < -0.39 is 6.10 Å². The molecule has 1 amide bonds. The second-order valence-corrected chi connectivity index (χ2v) is 7.96. The number of benzene rings is 1. The largest absolute Gasteiger partial charge is 0.388 e. The molecule has 1 aromatic carbocycles. The number of aliphatic hydroxyl groups is 1. The molecule has 2 atom stereocenters. The molecule has 0 saturated carbocycles. The first-order valence-electron chi connectivity index (χ1n) is 10.7. The van der Waals surface area contributed by atoms with Crippen LogP contribution in [-0.4, -0.2) is 41.8 Å². The van der Waals surface area contributed by atoms with Gasteiger partial charge in [0.2, 0.25) is 5.91 Å². The third-order valence-corrected chi connectivity index (χ3v) is 5.51. The normalized spacial score (nSPS) is 17.3. The molecule has 4 nitrogen and oxygen atoms in total. The minimum absolute atomic E-state index is 0.134. The van der Waals surface area contributed by atoms with Gasteiger partial charge in [-0.1, -0.05) is 44.7 Å². The number of carbonyl (C=O) groups excluding carboxylic acids is 1. The van der Waals surface area contributed by atoms with E-state index in [1.807, 2.05) is 0 Å². The Morgan fingerprint density at radius 2 is 1.96 bits per heavy atom. The number of aliphatic hydroxyl groups excluding tert-OH is 1. The Morgan fingerprint density at radius 3 is 2.64 bits per heavy atom. The summed E-state index contributed by atoms with van der Waals surface area (Å²) < 4.78 is 13.9. The molecule has 2 rings (SSSR count). The molecule has 0 spiro atoms. The van der Waals surface area contributed by atoms with Gasteiger partial charge in [0.05, 0.1) is 6.10 Å². The van der Waals surface area contributed by atoms with Crippen LogP contribution in [0.25, 0.3) is 0 Å². The summed E-state index contributed by atoms with van der Waals surface area (Å²) in [5.41, 5.74) is 1.09. The van der Waals surface area contributed by atoms with Crippen LogP contribution in [0.4, 0.5) is 4.39 Å². The van der Waals surface area contributed by atoms with Crippen LogP contribution < -0.4 is 0 Å². The zero-order valence-electron chi connectivity index (χ0n) is 17.4. The smallest absolute Gasteiger partial charge is 0.245 e. The number of hydrogen-bond acceptors (Lipinski definition) is 3. The van der Waals surface area contributed by atoms with E-state index in [2.05, 4.69) is 16.8 Å². The van der Waals surface area contributed by atoms with Crippen molar-refractivity contribution in [2.45, 2.75) is 71.3 Å². The van der Waals surface area contributed by atoms with Gasteiger partial charge in [-0.2, -0.15) is 0 Å². The zero-order chi connectivity index (χ0) is 20.4. The first-order valence-corrected chi connectivity index (χ1v) is 10.7. The molecule has 0 aliphatic carbocycles. The summed E-state index contributed by atoms with van der Waals surface area (Å²) >= 11 is 0. The van der Waals surface area contributed by atoms with Crippen molar-refractivity contribution < 1.29 is 14.3 Å². The molecule has 0 bridgehead atoms. The molecule has 2 unspecified atom stereocenters. The van der Waals surface area contributed by atoms with E-state index in [4.69, 9.17) is 0 Å². The van der Waals surface area contributed by atoms with E-state index in [1.54, 1.807) is 25.3 Å². The fourth-order valence-corrected chi connectivity index (χ4v) is 3.66. The van der Waals surface area contributed by atoms with E-state index in [9.17, 15) is 14.3 Å². The Bertz CT molecular complexity index is 641. The van der Waals surface area contributed by atoms with E-state index in [1.165, 1.54) is 18.9 Å². The Balaban J connectivity index is 1.99. The number of nitrogens with zero attached hydrogens (tertiary/aromatic N) is 2. The van der Waals surface area contributed by atoms with Crippen LogP contribution in [0.2, 0.25) is 0 Å². The minimum atomic E-state index is -0.878. The predicted molar refractivity (Wildman–Crippen MR) is 112 cm³/mol. The fourth-order valence-electron chi connectivity index (χ4n) is 3.66. The first kappa shape index (κ1) is 22.7. The van der Waals surface area contributed by atoms with Crippen molar-refractivity contribution in [1.82, 2.24) is 4.90 Å². The van der Waals surface area contributed by atoms with Crippen LogP contribution in [0.1, 0.15) is 75.5 Å². The van der Waals surface area contributed by atoms with E-state index in [0.29, 0.717) is 24.1 Å². The van der Waals surface area contributed by atoms with Gasteiger partial charge in [0, 0.05) is 25.1 Å². The Kier molecular flexibility index (Phi) is 9.79. The summed E-state index contributed by atoms with van der Waals surface area (Å²) in [6.07, 6.45) is 8.92. The maximum atomic E-state index is 13.9.